The molecule has 2 aromatic rings. The number of nitrogens with one attached hydrogen (secondary N) is 1. The second kappa shape index (κ2) is 4.84. The van der Waals surface area contributed by atoms with Gasteiger partial charge in [-0.05, 0) is 32.9 Å². The van der Waals surface area contributed by atoms with Crippen LogP contribution in [0.4, 0.5) is 10.1 Å². The van der Waals surface area contributed by atoms with Crippen LogP contribution in [0.3, 0.4) is 0 Å². The molecule has 0 bridgehead atoms. The number of halogens is 1. The molecule has 1 N–H and O–H groups in total. The van der Waals surface area contributed by atoms with E-state index in [1.165, 1.54) is 6.07 Å². The molecule has 1 atom stereocenters. The van der Waals surface area contributed by atoms with Gasteiger partial charge < -0.3 is 5.32 Å². The highest BCUT2D eigenvalue weighted by Crippen LogP contribution is 2.28. The molecule has 0 saturated heterocycles. The molecule has 1 aromatic carbocycles. The maximum atomic E-state index is 13.5. The SMILES string of the molecule is Cc1nc(C)c(C(C)Nc2ccccc2F)s1. The summed E-state index contributed by atoms with van der Waals surface area (Å²) < 4.78 is 13.5. The summed E-state index contributed by atoms with van der Waals surface area (Å²) in [7, 11) is 0. The Morgan fingerprint density at radius 2 is 2.00 bits per heavy atom. The van der Waals surface area contributed by atoms with E-state index in [0.717, 1.165) is 15.6 Å². The van der Waals surface area contributed by atoms with E-state index in [1.54, 1.807) is 23.5 Å². The lowest BCUT2D eigenvalue weighted by Gasteiger charge is -2.14. The molecule has 0 aliphatic carbocycles. The lowest BCUT2D eigenvalue weighted by molar-refractivity contribution is 0.627. The summed E-state index contributed by atoms with van der Waals surface area (Å²) in [6, 6.07) is 6.78. The van der Waals surface area contributed by atoms with Crippen LogP contribution in [0.2, 0.25) is 0 Å². The molecule has 1 heterocycles. The number of thiazole rings is 1. The summed E-state index contributed by atoms with van der Waals surface area (Å²) in [6.45, 7) is 5.99. The number of aromatic nitrogens is 1. The van der Waals surface area contributed by atoms with E-state index in [0.29, 0.717) is 5.69 Å². The molecule has 17 heavy (non-hydrogen) atoms. The average Bonchev–Trinajstić information content (AvgIpc) is 2.61. The van der Waals surface area contributed by atoms with E-state index in [9.17, 15) is 4.39 Å². The molecule has 1 unspecified atom stereocenters. The van der Waals surface area contributed by atoms with E-state index < -0.39 is 0 Å². The maximum absolute atomic E-state index is 13.5. The minimum Gasteiger partial charge on any atom is -0.375 e. The first kappa shape index (κ1) is 12.0. The summed E-state index contributed by atoms with van der Waals surface area (Å²) in [6.07, 6.45) is 0. The number of hydrogen-bond donors (Lipinski definition) is 1. The smallest absolute Gasteiger partial charge is 0.146 e. The molecule has 0 amide bonds. The zero-order valence-corrected chi connectivity index (χ0v) is 10.9. The van der Waals surface area contributed by atoms with Crippen molar-refractivity contribution in [3.8, 4) is 0 Å². The quantitative estimate of drug-likeness (QED) is 0.888. The fourth-order valence-electron chi connectivity index (χ4n) is 1.83. The number of nitrogens with zero attached hydrogens (tertiary/aromatic N) is 1. The number of hydrogen-bond acceptors (Lipinski definition) is 3. The van der Waals surface area contributed by atoms with E-state index in [1.807, 2.05) is 26.8 Å². The molecule has 2 rings (SSSR count). The van der Waals surface area contributed by atoms with Gasteiger partial charge in [-0.25, -0.2) is 9.37 Å². The van der Waals surface area contributed by atoms with E-state index in [2.05, 4.69) is 10.3 Å². The zero-order chi connectivity index (χ0) is 12.4. The molecular weight excluding hydrogens is 235 g/mol. The van der Waals surface area contributed by atoms with E-state index >= 15 is 0 Å². The van der Waals surface area contributed by atoms with Gasteiger partial charge in [0.15, 0.2) is 0 Å². The molecule has 0 radical (unpaired) electrons. The Balaban J connectivity index is 2.20. The van der Waals surface area contributed by atoms with Crippen LogP contribution in [-0.2, 0) is 0 Å². The zero-order valence-electron chi connectivity index (χ0n) is 10.1. The first-order chi connectivity index (χ1) is 8.08. The standard InChI is InChI=1S/C13H15FN2S/c1-8-13(17-10(3)15-8)9(2)16-12-7-5-4-6-11(12)14/h4-7,9,16H,1-3H3. The van der Waals surface area contributed by atoms with Crippen molar-refractivity contribution in [1.29, 1.82) is 0 Å². The molecule has 0 spiro atoms. The van der Waals surface area contributed by atoms with Crippen LogP contribution in [0.1, 0.15) is 28.5 Å². The van der Waals surface area contributed by atoms with E-state index in [-0.39, 0.29) is 11.9 Å². The summed E-state index contributed by atoms with van der Waals surface area (Å²) in [5.41, 5.74) is 1.55. The topological polar surface area (TPSA) is 24.9 Å². The Morgan fingerprint density at radius 1 is 1.29 bits per heavy atom. The van der Waals surface area contributed by atoms with E-state index in [4.69, 9.17) is 0 Å². The highest BCUT2D eigenvalue weighted by Gasteiger charge is 2.13. The molecule has 0 fully saturated rings. The lowest BCUT2D eigenvalue weighted by Crippen LogP contribution is -2.07. The maximum Gasteiger partial charge on any atom is 0.146 e. The van der Waals surface area contributed by atoms with Crippen LogP contribution >= 0.6 is 11.3 Å². The van der Waals surface area contributed by atoms with Gasteiger partial charge in [-0.15, -0.1) is 11.3 Å². The largest absolute Gasteiger partial charge is 0.375 e. The van der Waals surface area contributed by atoms with Crippen LogP contribution in [-0.4, -0.2) is 4.98 Å². The van der Waals surface area contributed by atoms with Crippen molar-refractivity contribution in [3.05, 3.63) is 45.7 Å². The fourth-order valence-corrected chi connectivity index (χ4v) is 2.76. The Kier molecular flexibility index (Phi) is 3.43. The third-order valence-corrected chi connectivity index (χ3v) is 3.83. The predicted octanol–water partition coefficient (Wildman–Crippen LogP) is 4.07. The van der Waals surface area contributed by atoms with Gasteiger partial charge in [0.05, 0.1) is 22.4 Å². The minimum atomic E-state index is -0.224. The predicted molar refractivity (Wildman–Crippen MR) is 70.0 cm³/mol. The minimum absolute atomic E-state index is 0.0677. The number of anilines is 1. The van der Waals surface area contributed by atoms with Crippen LogP contribution in [0.15, 0.2) is 24.3 Å². The van der Waals surface area contributed by atoms with Crippen molar-refractivity contribution in [2.45, 2.75) is 26.8 Å². The summed E-state index contributed by atoms with van der Waals surface area (Å²) in [4.78, 5) is 5.54. The molecule has 2 nitrogen and oxygen atoms in total. The molecular formula is C13H15FN2S. The van der Waals surface area contributed by atoms with Gasteiger partial charge in [0.2, 0.25) is 0 Å². The summed E-state index contributed by atoms with van der Waals surface area (Å²) in [5.74, 6) is -0.224. The highest BCUT2D eigenvalue weighted by molar-refractivity contribution is 7.11. The van der Waals surface area contributed by atoms with Gasteiger partial charge in [-0.3, -0.25) is 0 Å². The molecule has 0 aliphatic rings. The molecule has 90 valence electrons. The molecule has 0 saturated carbocycles. The van der Waals surface area contributed by atoms with Gasteiger partial charge in [0, 0.05) is 4.88 Å². The van der Waals surface area contributed by atoms with Gasteiger partial charge in [-0.1, -0.05) is 12.1 Å². The van der Waals surface area contributed by atoms with Crippen LogP contribution in [0.5, 0.6) is 0 Å². The van der Waals surface area contributed by atoms with Gasteiger partial charge in [-0.2, -0.15) is 0 Å². The Morgan fingerprint density at radius 3 is 2.59 bits per heavy atom. The van der Waals surface area contributed by atoms with Crippen molar-refractivity contribution in [2.24, 2.45) is 0 Å². The van der Waals surface area contributed by atoms with Crippen LogP contribution < -0.4 is 5.32 Å². The summed E-state index contributed by atoms with van der Waals surface area (Å²) in [5, 5.41) is 4.22. The molecule has 0 aliphatic heterocycles. The van der Waals surface area contributed by atoms with Crippen molar-refractivity contribution in [1.82, 2.24) is 4.98 Å². The monoisotopic (exact) mass is 250 g/mol. The van der Waals surface area contributed by atoms with Gasteiger partial charge in [0.25, 0.3) is 0 Å². The highest BCUT2D eigenvalue weighted by atomic mass is 32.1. The average molecular weight is 250 g/mol. The number of rotatable bonds is 3. The van der Waals surface area contributed by atoms with Gasteiger partial charge >= 0.3 is 0 Å². The Hall–Kier alpha value is -1.42. The molecule has 4 heteroatoms. The first-order valence-corrected chi connectivity index (χ1v) is 6.34. The van der Waals surface area contributed by atoms with Crippen LogP contribution in [0.25, 0.3) is 0 Å². The molecule has 1 aromatic heterocycles. The Bertz CT molecular complexity index is 522. The van der Waals surface area contributed by atoms with Crippen molar-refractivity contribution in [3.63, 3.8) is 0 Å². The third kappa shape index (κ3) is 2.64. The van der Waals surface area contributed by atoms with Crippen molar-refractivity contribution < 1.29 is 4.39 Å². The van der Waals surface area contributed by atoms with Gasteiger partial charge in [0.1, 0.15) is 5.82 Å². The second-order valence-electron chi connectivity index (χ2n) is 4.03. The van der Waals surface area contributed by atoms with Crippen molar-refractivity contribution in [2.75, 3.05) is 5.32 Å². The Labute approximate surface area is 105 Å². The number of aryl methyl sites for hydroxylation is 2. The summed E-state index contributed by atoms with van der Waals surface area (Å²) >= 11 is 1.65. The number of benzene rings is 1. The van der Waals surface area contributed by atoms with Crippen molar-refractivity contribution >= 4 is 17.0 Å². The lowest BCUT2D eigenvalue weighted by atomic mass is 10.2. The normalized spacial score (nSPS) is 12.5. The fraction of sp³-hybridized carbons (Fsp3) is 0.308. The third-order valence-electron chi connectivity index (χ3n) is 2.58. The number of para-hydroxylation sites is 1. The van der Waals surface area contributed by atoms with Crippen LogP contribution in [0, 0.1) is 19.7 Å². The second-order valence-corrected chi connectivity index (χ2v) is 5.26. The first-order valence-electron chi connectivity index (χ1n) is 5.53.